The summed E-state index contributed by atoms with van der Waals surface area (Å²) in [6.45, 7) is 2.87. The van der Waals surface area contributed by atoms with Crippen molar-refractivity contribution in [1.82, 2.24) is 9.78 Å². The fourth-order valence-corrected chi connectivity index (χ4v) is 1.86. The van der Waals surface area contributed by atoms with Gasteiger partial charge in [0.2, 0.25) is 0 Å². The summed E-state index contributed by atoms with van der Waals surface area (Å²) in [6.07, 6.45) is 1.86. The number of hydrogen-bond donors (Lipinski definition) is 1. The number of halogens is 1. The molecule has 0 saturated carbocycles. The van der Waals surface area contributed by atoms with Crippen LogP contribution in [0.2, 0.25) is 0 Å². The predicted octanol–water partition coefficient (Wildman–Crippen LogP) is 2.91. The molecule has 0 atom stereocenters. The number of nitrogens with two attached hydrogens (primary N) is 1. The van der Waals surface area contributed by atoms with Gasteiger partial charge in [0.1, 0.15) is 5.69 Å². The Bertz CT molecular complexity index is 476. The van der Waals surface area contributed by atoms with Crippen molar-refractivity contribution in [2.45, 2.75) is 13.5 Å². The Balaban J connectivity index is 2.48. The number of benzene rings is 1. The third-order valence-electron chi connectivity index (χ3n) is 2.21. The van der Waals surface area contributed by atoms with E-state index in [4.69, 9.17) is 5.73 Å². The van der Waals surface area contributed by atoms with Crippen molar-refractivity contribution in [1.29, 1.82) is 0 Å². The van der Waals surface area contributed by atoms with Crippen molar-refractivity contribution < 1.29 is 0 Å². The smallest absolute Gasteiger partial charge is 0.115 e. The first-order valence-corrected chi connectivity index (χ1v) is 5.59. The standard InChI is InChI=1S/C11H12BrN3/c1-2-15-7-10(13)11(14-15)8-4-3-5-9(12)6-8/h3-7H,2,13H2,1H3. The molecule has 0 spiro atoms. The minimum atomic E-state index is 0.718. The van der Waals surface area contributed by atoms with Gasteiger partial charge in [-0.1, -0.05) is 28.1 Å². The maximum Gasteiger partial charge on any atom is 0.115 e. The second kappa shape index (κ2) is 4.06. The molecule has 0 unspecified atom stereocenters. The largest absolute Gasteiger partial charge is 0.396 e. The number of aromatic nitrogens is 2. The van der Waals surface area contributed by atoms with Gasteiger partial charge in [0, 0.05) is 22.8 Å². The highest BCUT2D eigenvalue weighted by molar-refractivity contribution is 9.10. The monoisotopic (exact) mass is 265 g/mol. The molecule has 1 aromatic heterocycles. The van der Waals surface area contributed by atoms with E-state index in [0.717, 1.165) is 28.0 Å². The molecule has 0 radical (unpaired) electrons. The van der Waals surface area contributed by atoms with Crippen molar-refractivity contribution in [2.75, 3.05) is 5.73 Å². The molecule has 0 aliphatic heterocycles. The molecule has 15 heavy (non-hydrogen) atoms. The summed E-state index contributed by atoms with van der Waals surface area (Å²) in [4.78, 5) is 0. The zero-order valence-corrected chi connectivity index (χ0v) is 10.0. The van der Waals surface area contributed by atoms with Gasteiger partial charge in [0.15, 0.2) is 0 Å². The number of anilines is 1. The lowest BCUT2D eigenvalue weighted by molar-refractivity contribution is 0.662. The topological polar surface area (TPSA) is 43.8 Å². The van der Waals surface area contributed by atoms with Crippen molar-refractivity contribution in [3.8, 4) is 11.3 Å². The normalized spacial score (nSPS) is 10.5. The first-order valence-electron chi connectivity index (χ1n) is 4.79. The summed E-state index contributed by atoms with van der Waals surface area (Å²) < 4.78 is 2.87. The highest BCUT2D eigenvalue weighted by Gasteiger charge is 2.07. The molecule has 2 aromatic rings. The van der Waals surface area contributed by atoms with E-state index in [2.05, 4.69) is 21.0 Å². The van der Waals surface area contributed by atoms with E-state index in [9.17, 15) is 0 Å². The number of nitrogens with zero attached hydrogens (tertiary/aromatic N) is 2. The van der Waals surface area contributed by atoms with Crippen LogP contribution >= 0.6 is 15.9 Å². The SMILES string of the molecule is CCn1cc(N)c(-c2cccc(Br)c2)n1. The molecule has 2 N–H and O–H groups in total. The average Bonchev–Trinajstić information content (AvgIpc) is 2.60. The molecule has 0 saturated heterocycles. The van der Waals surface area contributed by atoms with E-state index in [0.29, 0.717) is 0 Å². The molecule has 78 valence electrons. The summed E-state index contributed by atoms with van der Waals surface area (Å²) >= 11 is 3.43. The summed E-state index contributed by atoms with van der Waals surface area (Å²) in [5.41, 5.74) is 8.50. The molecule has 1 aromatic carbocycles. The fourth-order valence-electron chi connectivity index (χ4n) is 1.46. The molecule has 2 rings (SSSR count). The van der Waals surface area contributed by atoms with Crippen LogP contribution in [0.5, 0.6) is 0 Å². The molecule has 0 amide bonds. The van der Waals surface area contributed by atoms with E-state index in [-0.39, 0.29) is 0 Å². The Hall–Kier alpha value is -1.29. The summed E-state index contributed by atoms with van der Waals surface area (Å²) in [7, 11) is 0. The van der Waals surface area contributed by atoms with Crippen LogP contribution in [0.4, 0.5) is 5.69 Å². The van der Waals surface area contributed by atoms with Gasteiger partial charge < -0.3 is 5.73 Å². The second-order valence-corrected chi connectivity index (χ2v) is 4.21. The van der Waals surface area contributed by atoms with E-state index < -0.39 is 0 Å². The van der Waals surface area contributed by atoms with Crippen LogP contribution in [0.15, 0.2) is 34.9 Å². The second-order valence-electron chi connectivity index (χ2n) is 3.30. The fraction of sp³-hybridized carbons (Fsp3) is 0.182. The maximum absolute atomic E-state index is 5.90. The maximum atomic E-state index is 5.90. The van der Waals surface area contributed by atoms with Crippen LogP contribution < -0.4 is 5.73 Å². The van der Waals surface area contributed by atoms with Gasteiger partial charge in [-0.3, -0.25) is 4.68 Å². The van der Waals surface area contributed by atoms with Crippen LogP contribution in [-0.2, 0) is 6.54 Å². The van der Waals surface area contributed by atoms with E-state index in [1.165, 1.54) is 0 Å². The van der Waals surface area contributed by atoms with Gasteiger partial charge >= 0.3 is 0 Å². The quantitative estimate of drug-likeness (QED) is 0.908. The molecule has 3 nitrogen and oxygen atoms in total. The molecule has 0 aliphatic rings. The molecule has 0 fully saturated rings. The van der Waals surface area contributed by atoms with Crippen LogP contribution in [0.3, 0.4) is 0 Å². The highest BCUT2D eigenvalue weighted by atomic mass is 79.9. The molecule has 1 heterocycles. The molecular formula is C11H12BrN3. The van der Waals surface area contributed by atoms with Crippen molar-refractivity contribution in [2.24, 2.45) is 0 Å². The molecule has 0 aliphatic carbocycles. The number of nitrogen functional groups attached to an aromatic ring is 1. The Labute approximate surface area is 97.0 Å². The van der Waals surface area contributed by atoms with Gasteiger partial charge in [0.05, 0.1) is 5.69 Å². The van der Waals surface area contributed by atoms with Gasteiger partial charge in [-0.2, -0.15) is 5.10 Å². The minimum absolute atomic E-state index is 0.718. The van der Waals surface area contributed by atoms with Crippen molar-refractivity contribution in [3.05, 3.63) is 34.9 Å². The van der Waals surface area contributed by atoms with Gasteiger partial charge in [-0.05, 0) is 19.1 Å². The Morgan fingerprint density at radius 2 is 2.27 bits per heavy atom. The molecule has 4 heteroatoms. The van der Waals surface area contributed by atoms with Gasteiger partial charge in [-0.15, -0.1) is 0 Å². The lowest BCUT2D eigenvalue weighted by Gasteiger charge is -1.98. The average molecular weight is 266 g/mol. The first-order chi connectivity index (χ1) is 7.20. The van der Waals surface area contributed by atoms with E-state index in [1.54, 1.807) is 0 Å². The Morgan fingerprint density at radius 1 is 1.47 bits per heavy atom. The van der Waals surface area contributed by atoms with Crippen LogP contribution in [-0.4, -0.2) is 9.78 Å². The third kappa shape index (κ3) is 2.04. The minimum Gasteiger partial charge on any atom is -0.396 e. The molecular weight excluding hydrogens is 254 g/mol. The van der Waals surface area contributed by atoms with Gasteiger partial charge in [0.25, 0.3) is 0 Å². The number of aryl methyl sites for hydroxylation is 1. The third-order valence-corrected chi connectivity index (χ3v) is 2.71. The Morgan fingerprint density at radius 3 is 2.87 bits per heavy atom. The van der Waals surface area contributed by atoms with Crippen molar-refractivity contribution >= 4 is 21.6 Å². The zero-order valence-electron chi connectivity index (χ0n) is 8.44. The number of hydrogen-bond acceptors (Lipinski definition) is 2. The summed E-state index contributed by atoms with van der Waals surface area (Å²) in [5, 5.41) is 4.41. The van der Waals surface area contributed by atoms with E-state index >= 15 is 0 Å². The van der Waals surface area contributed by atoms with Crippen LogP contribution in [0.25, 0.3) is 11.3 Å². The molecule has 0 bridgehead atoms. The van der Waals surface area contributed by atoms with Crippen LogP contribution in [0, 0.1) is 0 Å². The Kier molecular flexibility index (Phi) is 2.77. The van der Waals surface area contributed by atoms with Crippen LogP contribution in [0.1, 0.15) is 6.92 Å². The van der Waals surface area contributed by atoms with Gasteiger partial charge in [-0.25, -0.2) is 0 Å². The highest BCUT2D eigenvalue weighted by Crippen LogP contribution is 2.26. The lowest BCUT2D eigenvalue weighted by Crippen LogP contribution is -1.93. The summed E-state index contributed by atoms with van der Waals surface area (Å²) in [6, 6.07) is 7.97. The summed E-state index contributed by atoms with van der Waals surface area (Å²) in [5.74, 6) is 0. The predicted molar refractivity (Wildman–Crippen MR) is 65.4 cm³/mol. The van der Waals surface area contributed by atoms with Crippen molar-refractivity contribution in [3.63, 3.8) is 0 Å². The lowest BCUT2D eigenvalue weighted by atomic mass is 10.1. The number of rotatable bonds is 2. The van der Waals surface area contributed by atoms with E-state index in [1.807, 2.05) is 42.1 Å². The first kappa shape index (κ1) is 10.2. The zero-order chi connectivity index (χ0) is 10.8.